The van der Waals surface area contributed by atoms with Crippen LogP contribution in [0.4, 0.5) is 4.39 Å². The summed E-state index contributed by atoms with van der Waals surface area (Å²) < 4.78 is 15.0. The molecule has 0 saturated carbocycles. The van der Waals surface area contributed by atoms with E-state index in [2.05, 4.69) is 10.4 Å². The van der Waals surface area contributed by atoms with Crippen LogP contribution in [0.3, 0.4) is 0 Å². The molecule has 1 N–H and O–H groups in total. The lowest BCUT2D eigenvalue weighted by molar-refractivity contribution is 0.0950. The van der Waals surface area contributed by atoms with Crippen LogP contribution in [0.25, 0.3) is 0 Å². The van der Waals surface area contributed by atoms with Gasteiger partial charge in [0.15, 0.2) is 0 Å². The SMILES string of the molecule is O=C(NCc1ccccc1Cn1cccn1)c1cccc(F)c1. The van der Waals surface area contributed by atoms with Crippen LogP contribution < -0.4 is 5.32 Å². The van der Waals surface area contributed by atoms with Crippen LogP contribution in [0.5, 0.6) is 0 Å². The van der Waals surface area contributed by atoms with Gasteiger partial charge >= 0.3 is 0 Å². The van der Waals surface area contributed by atoms with Crippen LogP contribution in [0, 0.1) is 5.82 Å². The third kappa shape index (κ3) is 3.83. The minimum Gasteiger partial charge on any atom is -0.348 e. The summed E-state index contributed by atoms with van der Waals surface area (Å²) >= 11 is 0. The lowest BCUT2D eigenvalue weighted by atomic mass is 10.1. The number of hydrogen-bond acceptors (Lipinski definition) is 2. The van der Waals surface area contributed by atoms with Crippen molar-refractivity contribution >= 4 is 5.91 Å². The van der Waals surface area contributed by atoms with Crippen LogP contribution in [-0.4, -0.2) is 15.7 Å². The van der Waals surface area contributed by atoms with Crippen LogP contribution >= 0.6 is 0 Å². The second-order valence-electron chi connectivity index (χ2n) is 5.17. The number of carbonyl (C=O) groups is 1. The van der Waals surface area contributed by atoms with Gasteiger partial charge in [-0.05, 0) is 35.4 Å². The van der Waals surface area contributed by atoms with Gasteiger partial charge in [-0.15, -0.1) is 0 Å². The summed E-state index contributed by atoms with van der Waals surface area (Å²) in [7, 11) is 0. The number of hydrogen-bond donors (Lipinski definition) is 1. The van der Waals surface area contributed by atoms with E-state index in [1.807, 2.05) is 41.2 Å². The molecule has 0 saturated heterocycles. The molecule has 1 amide bonds. The predicted octanol–water partition coefficient (Wildman–Crippen LogP) is 3.00. The van der Waals surface area contributed by atoms with E-state index in [0.29, 0.717) is 18.7 Å². The Morgan fingerprint density at radius 1 is 1.09 bits per heavy atom. The van der Waals surface area contributed by atoms with Crippen LogP contribution in [0.1, 0.15) is 21.5 Å². The highest BCUT2D eigenvalue weighted by atomic mass is 19.1. The van der Waals surface area contributed by atoms with Crippen molar-refractivity contribution in [1.82, 2.24) is 15.1 Å². The van der Waals surface area contributed by atoms with E-state index in [0.717, 1.165) is 11.1 Å². The Hall–Kier alpha value is -2.95. The zero-order valence-electron chi connectivity index (χ0n) is 12.4. The van der Waals surface area contributed by atoms with Crippen molar-refractivity contribution in [1.29, 1.82) is 0 Å². The third-order valence-electron chi connectivity index (χ3n) is 3.54. The molecule has 1 aromatic heterocycles. The fourth-order valence-corrected chi connectivity index (χ4v) is 2.36. The van der Waals surface area contributed by atoms with Crippen molar-refractivity contribution in [3.8, 4) is 0 Å². The van der Waals surface area contributed by atoms with Crippen LogP contribution in [0.2, 0.25) is 0 Å². The summed E-state index contributed by atoms with van der Waals surface area (Å²) in [6.45, 7) is 1.02. The van der Waals surface area contributed by atoms with Gasteiger partial charge in [0, 0.05) is 24.5 Å². The van der Waals surface area contributed by atoms with E-state index in [4.69, 9.17) is 0 Å². The highest BCUT2D eigenvalue weighted by molar-refractivity contribution is 5.94. The maximum Gasteiger partial charge on any atom is 0.251 e. The summed E-state index contributed by atoms with van der Waals surface area (Å²) in [5.74, 6) is -0.713. The molecule has 23 heavy (non-hydrogen) atoms. The molecule has 3 rings (SSSR count). The van der Waals surface area contributed by atoms with Crippen molar-refractivity contribution in [2.24, 2.45) is 0 Å². The third-order valence-corrected chi connectivity index (χ3v) is 3.54. The van der Waals surface area contributed by atoms with Gasteiger partial charge in [-0.3, -0.25) is 9.48 Å². The van der Waals surface area contributed by atoms with E-state index >= 15 is 0 Å². The average Bonchev–Trinajstić information content (AvgIpc) is 3.07. The highest BCUT2D eigenvalue weighted by Gasteiger charge is 2.08. The molecule has 0 aliphatic carbocycles. The molecule has 1 heterocycles. The first-order valence-corrected chi connectivity index (χ1v) is 7.30. The molecule has 0 bridgehead atoms. The largest absolute Gasteiger partial charge is 0.348 e. The smallest absolute Gasteiger partial charge is 0.251 e. The quantitative estimate of drug-likeness (QED) is 0.787. The minimum absolute atomic E-state index is 0.293. The Morgan fingerprint density at radius 2 is 1.91 bits per heavy atom. The molecule has 5 heteroatoms. The topological polar surface area (TPSA) is 46.9 Å². The number of nitrogens with one attached hydrogen (secondary N) is 1. The van der Waals surface area contributed by atoms with Gasteiger partial charge in [0.25, 0.3) is 5.91 Å². The Balaban J connectivity index is 1.69. The number of nitrogens with zero attached hydrogens (tertiary/aromatic N) is 2. The summed E-state index contributed by atoms with van der Waals surface area (Å²) in [5, 5.41) is 7.02. The van der Waals surface area contributed by atoms with Crippen molar-refractivity contribution in [3.63, 3.8) is 0 Å². The zero-order valence-corrected chi connectivity index (χ0v) is 12.4. The summed E-state index contributed by atoms with van der Waals surface area (Å²) in [6, 6.07) is 15.4. The molecule has 3 aromatic rings. The van der Waals surface area contributed by atoms with Crippen molar-refractivity contribution in [3.05, 3.63) is 89.5 Å². The molecule has 0 unspecified atom stereocenters. The van der Waals surface area contributed by atoms with Gasteiger partial charge in [0.1, 0.15) is 5.82 Å². The predicted molar refractivity (Wildman–Crippen MR) is 85.3 cm³/mol. The molecule has 0 radical (unpaired) electrons. The monoisotopic (exact) mass is 309 g/mol. The van der Waals surface area contributed by atoms with Gasteiger partial charge < -0.3 is 5.32 Å². The van der Waals surface area contributed by atoms with Gasteiger partial charge in [-0.2, -0.15) is 5.10 Å². The molecular formula is C18H16FN3O. The Morgan fingerprint density at radius 3 is 2.65 bits per heavy atom. The van der Waals surface area contributed by atoms with E-state index in [1.54, 1.807) is 12.3 Å². The molecular weight excluding hydrogens is 293 g/mol. The van der Waals surface area contributed by atoms with Crippen molar-refractivity contribution < 1.29 is 9.18 Å². The number of rotatable bonds is 5. The van der Waals surface area contributed by atoms with Crippen molar-refractivity contribution in [2.75, 3.05) is 0 Å². The van der Waals surface area contributed by atoms with Gasteiger partial charge in [0.05, 0.1) is 6.54 Å². The minimum atomic E-state index is -0.420. The molecule has 0 aliphatic rings. The van der Waals surface area contributed by atoms with E-state index in [9.17, 15) is 9.18 Å². The maximum atomic E-state index is 13.2. The first kappa shape index (κ1) is 15.0. The molecule has 0 atom stereocenters. The highest BCUT2D eigenvalue weighted by Crippen LogP contribution is 2.11. The Labute approximate surface area is 133 Å². The lowest BCUT2D eigenvalue weighted by Gasteiger charge is -2.11. The Kier molecular flexibility index (Phi) is 4.47. The van der Waals surface area contributed by atoms with E-state index in [1.165, 1.54) is 18.2 Å². The second-order valence-corrected chi connectivity index (χ2v) is 5.17. The Bertz CT molecular complexity index is 800. The summed E-state index contributed by atoms with van der Waals surface area (Å²) in [6.07, 6.45) is 3.62. The summed E-state index contributed by atoms with van der Waals surface area (Å²) in [5.41, 5.74) is 2.40. The average molecular weight is 309 g/mol. The summed E-state index contributed by atoms with van der Waals surface area (Å²) in [4.78, 5) is 12.1. The van der Waals surface area contributed by atoms with Gasteiger partial charge in [0.2, 0.25) is 0 Å². The van der Waals surface area contributed by atoms with E-state index in [-0.39, 0.29) is 5.91 Å². The molecule has 116 valence electrons. The standard InChI is InChI=1S/C18H16FN3O/c19-17-8-3-7-14(11-17)18(23)20-12-15-5-1-2-6-16(15)13-22-10-4-9-21-22/h1-11H,12-13H2,(H,20,23). The zero-order chi connectivity index (χ0) is 16.1. The molecule has 2 aromatic carbocycles. The number of halogens is 1. The van der Waals surface area contributed by atoms with E-state index < -0.39 is 5.82 Å². The number of amides is 1. The molecule has 4 nitrogen and oxygen atoms in total. The fourth-order valence-electron chi connectivity index (χ4n) is 2.36. The van der Waals surface area contributed by atoms with Crippen LogP contribution in [-0.2, 0) is 13.1 Å². The molecule has 0 aliphatic heterocycles. The first-order chi connectivity index (χ1) is 11.2. The van der Waals surface area contributed by atoms with Gasteiger partial charge in [-0.25, -0.2) is 4.39 Å². The molecule has 0 spiro atoms. The lowest BCUT2D eigenvalue weighted by Crippen LogP contribution is -2.23. The first-order valence-electron chi connectivity index (χ1n) is 7.30. The number of carbonyl (C=O) groups excluding carboxylic acids is 1. The normalized spacial score (nSPS) is 10.5. The number of aromatic nitrogens is 2. The number of benzene rings is 2. The second kappa shape index (κ2) is 6.87. The molecule has 0 fully saturated rings. The van der Waals surface area contributed by atoms with Gasteiger partial charge in [-0.1, -0.05) is 30.3 Å². The van der Waals surface area contributed by atoms with Crippen LogP contribution in [0.15, 0.2) is 67.0 Å². The maximum absolute atomic E-state index is 13.2. The fraction of sp³-hybridized carbons (Fsp3) is 0.111. The van der Waals surface area contributed by atoms with Crippen molar-refractivity contribution in [2.45, 2.75) is 13.1 Å².